The monoisotopic (exact) mass is 269 g/mol. The Kier molecular flexibility index (Phi) is 4.85. The van der Waals surface area contributed by atoms with Gasteiger partial charge in [-0.3, -0.25) is 4.79 Å². The van der Waals surface area contributed by atoms with Crippen LogP contribution in [-0.2, 0) is 4.79 Å². The van der Waals surface area contributed by atoms with E-state index in [-0.39, 0.29) is 25.0 Å². The van der Waals surface area contributed by atoms with Gasteiger partial charge in [-0.05, 0) is 38.0 Å². The van der Waals surface area contributed by atoms with Crippen molar-refractivity contribution in [3.63, 3.8) is 0 Å². The molecule has 0 aliphatic heterocycles. The lowest BCUT2D eigenvalue weighted by Gasteiger charge is -2.39. The van der Waals surface area contributed by atoms with Crippen molar-refractivity contribution in [2.24, 2.45) is 17.8 Å². The van der Waals surface area contributed by atoms with Crippen LogP contribution in [0.3, 0.4) is 0 Å². The van der Waals surface area contributed by atoms with Gasteiger partial charge in [0.15, 0.2) is 0 Å². The summed E-state index contributed by atoms with van der Waals surface area (Å²) in [6.07, 6.45) is 8.47. The van der Waals surface area contributed by atoms with Crippen molar-refractivity contribution in [3.8, 4) is 0 Å². The first kappa shape index (κ1) is 14.8. The number of rotatable bonds is 4. The summed E-state index contributed by atoms with van der Waals surface area (Å²) >= 11 is 0. The van der Waals surface area contributed by atoms with Gasteiger partial charge in [0.05, 0.1) is 6.61 Å². The maximum absolute atomic E-state index is 12.1. The van der Waals surface area contributed by atoms with Crippen LogP contribution in [0.15, 0.2) is 0 Å². The molecular formula is C15H27NO3. The van der Waals surface area contributed by atoms with Crippen molar-refractivity contribution in [1.29, 1.82) is 0 Å². The molecule has 1 amide bonds. The van der Waals surface area contributed by atoms with Gasteiger partial charge < -0.3 is 15.5 Å². The number of hydrogen-bond acceptors (Lipinski definition) is 3. The molecule has 110 valence electrons. The van der Waals surface area contributed by atoms with E-state index in [1.54, 1.807) is 0 Å². The van der Waals surface area contributed by atoms with Gasteiger partial charge in [-0.1, -0.05) is 25.7 Å². The molecule has 0 saturated heterocycles. The third kappa shape index (κ3) is 3.93. The predicted molar refractivity (Wildman–Crippen MR) is 73.5 cm³/mol. The van der Waals surface area contributed by atoms with Gasteiger partial charge in [-0.2, -0.15) is 0 Å². The second kappa shape index (κ2) is 6.23. The van der Waals surface area contributed by atoms with Crippen molar-refractivity contribution in [1.82, 2.24) is 5.32 Å². The lowest BCUT2D eigenvalue weighted by molar-refractivity contribution is -0.128. The van der Waals surface area contributed by atoms with E-state index < -0.39 is 5.60 Å². The number of fused-ring (bicyclic) bond motifs is 1. The highest BCUT2D eigenvalue weighted by Crippen LogP contribution is 2.42. The molecule has 0 bridgehead atoms. The fraction of sp³-hybridized carbons (Fsp3) is 0.933. The molecule has 4 heteroatoms. The molecule has 0 aromatic heterocycles. The second-order valence-corrected chi connectivity index (χ2v) is 6.69. The lowest BCUT2D eigenvalue weighted by Crippen LogP contribution is -2.46. The summed E-state index contributed by atoms with van der Waals surface area (Å²) in [5.74, 6) is 1.74. The summed E-state index contributed by atoms with van der Waals surface area (Å²) < 4.78 is 0. The van der Waals surface area contributed by atoms with E-state index in [1.165, 1.54) is 39.0 Å². The van der Waals surface area contributed by atoms with Crippen LogP contribution in [-0.4, -0.2) is 34.9 Å². The minimum absolute atomic E-state index is 0.0535. The van der Waals surface area contributed by atoms with E-state index in [9.17, 15) is 9.90 Å². The zero-order valence-corrected chi connectivity index (χ0v) is 11.9. The van der Waals surface area contributed by atoms with Crippen molar-refractivity contribution in [3.05, 3.63) is 0 Å². The zero-order valence-electron chi connectivity index (χ0n) is 11.9. The molecule has 0 spiro atoms. The molecule has 3 N–H and O–H groups in total. The van der Waals surface area contributed by atoms with Gasteiger partial charge >= 0.3 is 0 Å². The number of hydrogen-bond donors (Lipinski definition) is 3. The third-order valence-corrected chi connectivity index (χ3v) is 4.89. The lowest BCUT2D eigenvalue weighted by atomic mass is 9.67. The minimum Gasteiger partial charge on any atom is -0.393 e. The standard InChI is InChI=1S/C15H27NO3/c1-15(19,10-17)9-16-14(18)13-7-6-11-4-2-3-5-12(11)8-13/h11-13,17,19H,2-10H2,1H3,(H,16,18). The molecule has 2 aliphatic carbocycles. The van der Waals surface area contributed by atoms with E-state index in [0.29, 0.717) is 0 Å². The Labute approximate surface area is 115 Å². The van der Waals surface area contributed by atoms with Gasteiger partial charge in [0, 0.05) is 12.5 Å². The highest BCUT2D eigenvalue weighted by molar-refractivity contribution is 5.78. The molecule has 0 aromatic rings. The molecule has 2 aliphatic rings. The van der Waals surface area contributed by atoms with E-state index in [1.807, 2.05) is 0 Å². The van der Waals surface area contributed by atoms with E-state index >= 15 is 0 Å². The Morgan fingerprint density at radius 1 is 1.21 bits per heavy atom. The number of aliphatic hydroxyl groups excluding tert-OH is 1. The molecule has 0 radical (unpaired) electrons. The number of amides is 1. The summed E-state index contributed by atoms with van der Waals surface area (Å²) in [7, 11) is 0. The molecule has 0 aromatic carbocycles. The minimum atomic E-state index is -1.21. The van der Waals surface area contributed by atoms with Crippen LogP contribution in [0.2, 0.25) is 0 Å². The highest BCUT2D eigenvalue weighted by atomic mass is 16.3. The number of carbonyl (C=O) groups is 1. The SMILES string of the molecule is CC(O)(CO)CNC(=O)C1CCC2CCCCC2C1. The number of nitrogens with one attached hydrogen (secondary N) is 1. The molecule has 0 heterocycles. The van der Waals surface area contributed by atoms with Crippen LogP contribution < -0.4 is 5.32 Å². The largest absolute Gasteiger partial charge is 0.393 e. The first-order valence-electron chi connectivity index (χ1n) is 7.63. The third-order valence-electron chi connectivity index (χ3n) is 4.89. The second-order valence-electron chi connectivity index (χ2n) is 6.69. The summed E-state index contributed by atoms with van der Waals surface area (Å²) in [6, 6.07) is 0. The first-order chi connectivity index (χ1) is 9.02. The summed E-state index contributed by atoms with van der Waals surface area (Å²) in [5, 5.41) is 21.5. The molecule has 19 heavy (non-hydrogen) atoms. The molecule has 2 rings (SSSR count). The Morgan fingerprint density at radius 3 is 2.58 bits per heavy atom. The summed E-state index contributed by atoms with van der Waals surface area (Å²) in [5.41, 5.74) is -1.21. The normalized spacial score (nSPS) is 34.2. The molecule has 2 saturated carbocycles. The van der Waals surface area contributed by atoms with Gasteiger partial charge in [-0.15, -0.1) is 0 Å². The Bertz CT molecular complexity index is 317. The summed E-state index contributed by atoms with van der Waals surface area (Å²) in [6.45, 7) is 1.33. The summed E-state index contributed by atoms with van der Waals surface area (Å²) in [4.78, 5) is 12.1. The van der Waals surface area contributed by atoms with Crippen molar-refractivity contribution in [2.75, 3.05) is 13.2 Å². The van der Waals surface area contributed by atoms with Gasteiger partial charge in [0.2, 0.25) is 5.91 Å². The molecule has 4 unspecified atom stereocenters. The van der Waals surface area contributed by atoms with E-state index in [2.05, 4.69) is 5.32 Å². The molecular weight excluding hydrogens is 242 g/mol. The van der Waals surface area contributed by atoms with Crippen LogP contribution in [0.5, 0.6) is 0 Å². The number of aliphatic hydroxyl groups is 2. The molecule has 4 atom stereocenters. The quantitative estimate of drug-likeness (QED) is 0.723. The van der Waals surface area contributed by atoms with Gasteiger partial charge in [0.25, 0.3) is 0 Å². The average Bonchev–Trinajstić information content (AvgIpc) is 2.44. The number of carbonyl (C=O) groups excluding carboxylic acids is 1. The van der Waals surface area contributed by atoms with Crippen LogP contribution in [0, 0.1) is 17.8 Å². The van der Waals surface area contributed by atoms with E-state index in [4.69, 9.17) is 5.11 Å². The fourth-order valence-electron chi connectivity index (χ4n) is 3.59. The maximum Gasteiger partial charge on any atom is 0.223 e. The van der Waals surface area contributed by atoms with Crippen molar-refractivity contribution < 1.29 is 15.0 Å². The van der Waals surface area contributed by atoms with Crippen molar-refractivity contribution >= 4 is 5.91 Å². The Balaban J connectivity index is 1.80. The molecule has 4 nitrogen and oxygen atoms in total. The smallest absolute Gasteiger partial charge is 0.223 e. The van der Waals surface area contributed by atoms with Crippen LogP contribution in [0.1, 0.15) is 51.9 Å². The van der Waals surface area contributed by atoms with Crippen LogP contribution in [0.4, 0.5) is 0 Å². The van der Waals surface area contributed by atoms with E-state index in [0.717, 1.165) is 24.7 Å². The Morgan fingerprint density at radius 2 is 1.89 bits per heavy atom. The fourth-order valence-corrected chi connectivity index (χ4v) is 3.59. The predicted octanol–water partition coefficient (Wildman–Crippen LogP) is 1.45. The van der Waals surface area contributed by atoms with Crippen LogP contribution in [0.25, 0.3) is 0 Å². The first-order valence-corrected chi connectivity index (χ1v) is 7.63. The molecule has 2 fully saturated rings. The van der Waals surface area contributed by atoms with Crippen LogP contribution >= 0.6 is 0 Å². The highest BCUT2D eigenvalue weighted by Gasteiger charge is 2.35. The topological polar surface area (TPSA) is 69.6 Å². The van der Waals surface area contributed by atoms with Gasteiger partial charge in [0.1, 0.15) is 5.60 Å². The average molecular weight is 269 g/mol. The Hall–Kier alpha value is -0.610. The maximum atomic E-state index is 12.1. The van der Waals surface area contributed by atoms with Gasteiger partial charge in [-0.25, -0.2) is 0 Å². The van der Waals surface area contributed by atoms with Crippen molar-refractivity contribution in [2.45, 2.75) is 57.5 Å². The zero-order chi connectivity index (χ0) is 13.9.